The Morgan fingerprint density at radius 1 is 0.737 bits per heavy atom. The van der Waals surface area contributed by atoms with Crippen LogP contribution in [0.25, 0.3) is 0 Å². The van der Waals surface area contributed by atoms with Gasteiger partial charge in [-0.3, -0.25) is 4.18 Å². The Balaban J connectivity index is 3.64. The lowest BCUT2D eigenvalue weighted by atomic mass is 10.0. The third-order valence-electron chi connectivity index (χ3n) is 6.37. The minimum absolute atomic E-state index is 0.0481. The van der Waals surface area contributed by atoms with Crippen LogP contribution in [0.1, 0.15) is 116 Å². The van der Waals surface area contributed by atoms with Gasteiger partial charge in [-0.1, -0.05) is 103 Å². The van der Waals surface area contributed by atoms with Crippen LogP contribution in [0.2, 0.25) is 0 Å². The fourth-order valence-corrected chi connectivity index (χ4v) is 6.07. The zero-order chi connectivity index (χ0) is 28.5. The van der Waals surface area contributed by atoms with Crippen molar-refractivity contribution in [3.63, 3.8) is 0 Å². The topological polar surface area (TPSA) is 125 Å². The van der Waals surface area contributed by atoms with Crippen LogP contribution >= 0.6 is 0 Å². The fraction of sp³-hybridized carbons (Fsp3) is 0.963. The zero-order valence-electron chi connectivity index (χ0n) is 24.2. The molecule has 38 heavy (non-hydrogen) atoms. The van der Waals surface area contributed by atoms with E-state index in [-0.39, 0.29) is 31.1 Å². The van der Waals surface area contributed by atoms with Crippen molar-refractivity contribution < 1.29 is 35.3 Å². The Bertz CT molecular complexity index is 772. The van der Waals surface area contributed by atoms with Crippen LogP contribution in [-0.4, -0.2) is 73.7 Å². The molecule has 1 amide bonds. The van der Waals surface area contributed by atoms with Gasteiger partial charge in [0.25, 0.3) is 10.1 Å². The normalized spacial score (nSPS) is 12.9. The molecule has 0 aromatic rings. The third-order valence-corrected chi connectivity index (χ3v) is 8.76. The maximum atomic E-state index is 12.2. The van der Waals surface area contributed by atoms with Crippen LogP contribution in [-0.2, 0) is 33.6 Å². The van der Waals surface area contributed by atoms with Crippen molar-refractivity contribution in [1.29, 1.82) is 0 Å². The summed E-state index contributed by atoms with van der Waals surface area (Å²) in [6, 6.07) is 0. The summed E-state index contributed by atoms with van der Waals surface area (Å²) >= 11 is 0. The molecule has 228 valence electrons. The Morgan fingerprint density at radius 2 is 1.21 bits per heavy atom. The first-order chi connectivity index (χ1) is 18.1. The largest absolute Gasteiger partial charge is 0.447 e. The second kappa shape index (κ2) is 23.9. The van der Waals surface area contributed by atoms with E-state index in [4.69, 9.17) is 9.47 Å². The van der Waals surface area contributed by atoms with Gasteiger partial charge in [-0.25, -0.2) is 13.2 Å². The summed E-state index contributed by atoms with van der Waals surface area (Å²) in [5.74, 6) is -0.567. The van der Waals surface area contributed by atoms with Crippen LogP contribution in [0.4, 0.5) is 4.79 Å². The van der Waals surface area contributed by atoms with Gasteiger partial charge >= 0.3 is 6.09 Å². The van der Waals surface area contributed by atoms with Gasteiger partial charge in [0.05, 0.1) is 24.4 Å². The molecule has 0 fully saturated rings. The Morgan fingerprint density at radius 3 is 1.66 bits per heavy atom. The molecule has 0 spiro atoms. The molecule has 1 N–H and O–H groups in total. The van der Waals surface area contributed by atoms with Crippen LogP contribution < -0.4 is 5.32 Å². The maximum Gasteiger partial charge on any atom is 0.407 e. The van der Waals surface area contributed by atoms with Crippen molar-refractivity contribution in [2.24, 2.45) is 0 Å². The zero-order valence-corrected chi connectivity index (χ0v) is 25.8. The van der Waals surface area contributed by atoms with E-state index in [0.29, 0.717) is 6.54 Å². The number of nitrogens with one attached hydrogen (secondary N) is 1. The first kappa shape index (κ1) is 37.1. The van der Waals surface area contributed by atoms with Gasteiger partial charge in [-0.05, 0) is 12.8 Å². The SMILES string of the molecule is CCCCCCCCCCCCCCCCCCNC(=O)OCC(CS(=O)(=O)CCCOS(C)(=O)=O)OC. The molecule has 0 heterocycles. The summed E-state index contributed by atoms with van der Waals surface area (Å²) in [6.45, 7) is 2.40. The summed E-state index contributed by atoms with van der Waals surface area (Å²) in [7, 11) is -5.76. The molecule has 1 atom stereocenters. The number of unbranched alkanes of at least 4 members (excludes halogenated alkanes) is 15. The molecule has 0 aliphatic carbocycles. The Labute approximate surface area is 233 Å². The highest BCUT2D eigenvalue weighted by Crippen LogP contribution is 2.13. The molecular weight excluding hydrogens is 530 g/mol. The molecule has 0 saturated heterocycles. The Kier molecular flexibility index (Phi) is 23.4. The molecule has 0 bridgehead atoms. The number of ether oxygens (including phenoxy) is 2. The maximum absolute atomic E-state index is 12.2. The third kappa shape index (κ3) is 26.7. The van der Waals surface area contributed by atoms with Crippen molar-refractivity contribution in [3.8, 4) is 0 Å². The smallest absolute Gasteiger partial charge is 0.407 e. The molecule has 0 rings (SSSR count). The van der Waals surface area contributed by atoms with Crippen molar-refractivity contribution in [3.05, 3.63) is 0 Å². The molecule has 0 aromatic heterocycles. The number of carbonyl (C=O) groups excluding carboxylic acids is 1. The predicted molar refractivity (Wildman–Crippen MR) is 154 cm³/mol. The highest BCUT2D eigenvalue weighted by Gasteiger charge is 2.21. The Hall–Kier alpha value is -0.910. The quantitative estimate of drug-likeness (QED) is 0.0951. The van der Waals surface area contributed by atoms with Gasteiger partial charge in [-0.2, -0.15) is 8.42 Å². The van der Waals surface area contributed by atoms with Crippen LogP contribution in [0.5, 0.6) is 0 Å². The highest BCUT2D eigenvalue weighted by atomic mass is 32.2. The number of carbonyl (C=O) groups is 1. The van der Waals surface area contributed by atoms with E-state index in [0.717, 1.165) is 25.5 Å². The number of hydrogen-bond acceptors (Lipinski definition) is 8. The predicted octanol–water partition coefficient (Wildman–Crippen LogP) is 5.77. The standard InChI is InChI=1S/C27H55NO8S2/c1-4-5-6-7-8-9-10-11-12-13-14-15-16-17-18-19-21-28-27(29)35-24-26(34-2)25-38(32,33)23-20-22-36-37(3,30)31/h26H,4-25H2,1-3H3,(H,28,29). The molecule has 0 aromatic carbocycles. The molecule has 0 radical (unpaired) electrons. The van der Waals surface area contributed by atoms with Gasteiger partial charge in [0, 0.05) is 13.7 Å². The van der Waals surface area contributed by atoms with Gasteiger partial charge in [-0.15, -0.1) is 0 Å². The second-order valence-electron chi connectivity index (χ2n) is 10.2. The molecular formula is C27H55NO8S2. The minimum atomic E-state index is -3.60. The summed E-state index contributed by atoms with van der Waals surface area (Å²) in [6.07, 6.45) is 20.2. The van der Waals surface area contributed by atoms with Gasteiger partial charge in [0.1, 0.15) is 12.7 Å². The molecule has 1 unspecified atom stereocenters. The van der Waals surface area contributed by atoms with Gasteiger partial charge in [0.2, 0.25) is 0 Å². The number of alkyl carbamates (subject to hydrolysis) is 1. The molecule has 11 heteroatoms. The lowest BCUT2D eigenvalue weighted by molar-refractivity contribution is 0.0477. The van der Waals surface area contributed by atoms with E-state index in [1.165, 1.54) is 90.6 Å². The monoisotopic (exact) mass is 585 g/mol. The first-order valence-electron chi connectivity index (χ1n) is 14.6. The van der Waals surface area contributed by atoms with Gasteiger partial charge < -0.3 is 14.8 Å². The van der Waals surface area contributed by atoms with Crippen molar-refractivity contribution in [2.45, 2.75) is 122 Å². The van der Waals surface area contributed by atoms with Crippen molar-refractivity contribution in [1.82, 2.24) is 5.32 Å². The number of amides is 1. The lowest BCUT2D eigenvalue weighted by Crippen LogP contribution is -2.33. The van der Waals surface area contributed by atoms with Crippen LogP contribution in [0.15, 0.2) is 0 Å². The number of methoxy groups -OCH3 is 1. The van der Waals surface area contributed by atoms with E-state index in [9.17, 15) is 21.6 Å². The van der Waals surface area contributed by atoms with E-state index < -0.39 is 32.2 Å². The van der Waals surface area contributed by atoms with Crippen LogP contribution in [0, 0.1) is 0 Å². The van der Waals surface area contributed by atoms with E-state index in [1.54, 1.807) is 0 Å². The van der Waals surface area contributed by atoms with Crippen molar-refractivity contribution in [2.75, 3.05) is 44.6 Å². The number of rotatable bonds is 27. The summed E-state index contributed by atoms with van der Waals surface area (Å²) in [4.78, 5) is 11.9. The lowest BCUT2D eigenvalue weighted by Gasteiger charge is -2.16. The summed E-state index contributed by atoms with van der Waals surface area (Å²) < 4.78 is 60.9. The van der Waals surface area contributed by atoms with E-state index in [1.807, 2.05) is 0 Å². The second-order valence-corrected chi connectivity index (χ2v) is 14.1. The summed E-state index contributed by atoms with van der Waals surface area (Å²) in [5, 5.41) is 2.69. The minimum Gasteiger partial charge on any atom is -0.447 e. The molecule has 0 aliphatic heterocycles. The van der Waals surface area contributed by atoms with Crippen LogP contribution in [0.3, 0.4) is 0 Å². The molecule has 0 saturated carbocycles. The van der Waals surface area contributed by atoms with Gasteiger partial charge in [0.15, 0.2) is 9.84 Å². The van der Waals surface area contributed by atoms with E-state index in [2.05, 4.69) is 16.4 Å². The van der Waals surface area contributed by atoms with E-state index >= 15 is 0 Å². The van der Waals surface area contributed by atoms with Crippen molar-refractivity contribution >= 4 is 26.0 Å². The molecule has 9 nitrogen and oxygen atoms in total. The average molecular weight is 586 g/mol. The molecule has 0 aliphatic rings. The number of hydrogen-bond donors (Lipinski definition) is 1. The highest BCUT2D eigenvalue weighted by molar-refractivity contribution is 7.91. The average Bonchev–Trinajstić information content (AvgIpc) is 2.85. The summed E-state index contributed by atoms with van der Waals surface area (Å²) in [5.41, 5.74) is 0. The first-order valence-corrected chi connectivity index (χ1v) is 18.2. The number of sulfone groups is 1. The fourth-order valence-electron chi connectivity index (χ4n) is 4.12.